The van der Waals surface area contributed by atoms with E-state index in [9.17, 15) is 14.4 Å². The summed E-state index contributed by atoms with van der Waals surface area (Å²) in [5.41, 5.74) is 0.901. The number of nitrogens with zero attached hydrogens (tertiary/aromatic N) is 3. The zero-order valence-electron chi connectivity index (χ0n) is 16.0. The summed E-state index contributed by atoms with van der Waals surface area (Å²) in [6.07, 6.45) is 7.95. The Morgan fingerprint density at radius 3 is 3.00 bits per heavy atom. The van der Waals surface area contributed by atoms with Crippen molar-refractivity contribution < 1.29 is 14.4 Å². The number of pyridine rings is 1. The van der Waals surface area contributed by atoms with Gasteiger partial charge in [-0.2, -0.15) is 0 Å². The molecule has 0 aromatic carbocycles. The van der Waals surface area contributed by atoms with E-state index in [1.807, 2.05) is 41.9 Å². The van der Waals surface area contributed by atoms with E-state index in [1.165, 1.54) is 0 Å². The standard InChI is InChI=1S/C20H25N5O3/c1-14-6-2-4-9-20(14)18(27)25(19(28)23-20)13-17(26)21-10-8-15-12-24-11-5-3-7-16(24)22-15/h3,5,7,11-12,14H,2,4,6,8-10,13H2,1H3,(H,21,26)(H,23,28). The summed E-state index contributed by atoms with van der Waals surface area (Å²) in [5, 5.41) is 5.65. The molecule has 4 rings (SSSR count). The molecule has 2 aromatic rings. The maximum absolute atomic E-state index is 12.9. The quantitative estimate of drug-likeness (QED) is 0.765. The first-order valence-corrected chi connectivity index (χ1v) is 9.83. The van der Waals surface area contributed by atoms with Gasteiger partial charge in [0.1, 0.15) is 17.7 Å². The van der Waals surface area contributed by atoms with Crippen molar-refractivity contribution in [2.45, 2.75) is 44.6 Å². The summed E-state index contributed by atoms with van der Waals surface area (Å²) in [6, 6.07) is 5.31. The molecule has 28 heavy (non-hydrogen) atoms. The molecule has 1 spiro atoms. The van der Waals surface area contributed by atoms with Crippen LogP contribution in [0.1, 0.15) is 38.3 Å². The molecule has 0 radical (unpaired) electrons. The Labute approximate surface area is 163 Å². The molecule has 2 atom stereocenters. The van der Waals surface area contributed by atoms with E-state index in [-0.39, 0.29) is 24.3 Å². The fourth-order valence-corrected chi connectivity index (χ4v) is 4.28. The fourth-order valence-electron chi connectivity index (χ4n) is 4.28. The Balaban J connectivity index is 1.32. The number of carbonyl (C=O) groups is 3. The number of imidazole rings is 1. The molecule has 148 valence electrons. The molecule has 2 N–H and O–H groups in total. The number of imide groups is 1. The lowest BCUT2D eigenvalue weighted by atomic mass is 9.73. The van der Waals surface area contributed by atoms with Crippen LogP contribution in [0.5, 0.6) is 0 Å². The van der Waals surface area contributed by atoms with E-state index < -0.39 is 11.6 Å². The number of aromatic nitrogens is 2. The third kappa shape index (κ3) is 3.23. The van der Waals surface area contributed by atoms with Gasteiger partial charge in [0.2, 0.25) is 5.91 Å². The number of fused-ring (bicyclic) bond motifs is 1. The second-order valence-electron chi connectivity index (χ2n) is 7.74. The molecule has 8 heteroatoms. The summed E-state index contributed by atoms with van der Waals surface area (Å²) in [6.45, 7) is 2.15. The van der Waals surface area contributed by atoms with Crippen LogP contribution in [0.25, 0.3) is 5.65 Å². The highest BCUT2D eigenvalue weighted by molar-refractivity contribution is 6.09. The lowest BCUT2D eigenvalue weighted by Gasteiger charge is -2.36. The van der Waals surface area contributed by atoms with Crippen molar-refractivity contribution in [1.82, 2.24) is 24.9 Å². The Morgan fingerprint density at radius 2 is 2.21 bits per heavy atom. The Kier molecular flexibility index (Phi) is 4.78. The van der Waals surface area contributed by atoms with Crippen LogP contribution in [0.4, 0.5) is 4.79 Å². The highest BCUT2D eigenvalue weighted by Crippen LogP contribution is 2.38. The predicted octanol–water partition coefficient (Wildman–Crippen LogP) is 1.49. The number of hydrogen-bond donors (Lipinski definition) is 2. The molecule has 8 nitrogen and oxygen atoms in total. The van der Waals surface area contributed by atoms with Crippen molar-refractivity contribution >= 4 is 23.5 Å². The molecule has 2 aliphatic rings. The maximum Gasteiger partial charge on any atom is 0.325 e. The molecule has 2 unspecified atom stereocenters. The molecule has 2 aromatic heterocycles. The van der Waals surface area contributed by atoms with Crippen LogP contribution in [-0.4, -0.2) is 50.8 Å². The topological polar surface area (TPSA) is 95.8 Å². The first-order valence-electron chi connectivity index (χ1n) is 9.83. The summed E-state index contributed by atoms with van der Waals surface area (Å²) in [5.74, 6) is -0.520. The van der Waals surface area contributed by atoms with Crippen LogP contribution in [0.15, 0.2) is 30.6 Å². The number of amides is 4. The van der Waals surface area contributed by atoms with E-state index in [1.54, 1.807) is 0 Å². The minimum Gasteiger partial charge on any atom is -0.354 e. The first kappa shape index (κ1) is 18.5. The average molecular weight is 383 g/mol. The number of rotatable bonds is 5. The molecule has 4 amide bonds. The van der Waals surface area contributed by atoms with E-state index >= 15 is 0 Å². The van der Waals surface area contributed by atoms with Crippen LogP contribution < -0.4 is 10.6 Å². The average Bonchev–Trinajstić information content (AvgIpc) is 3.19. The minimum atomic E-state index is -0.827. The second kappa shape index (κ2) is 7.26. The normalized spacial score (nSPS) is 24.8. The lowest BCUT2D eigenvalue weighted by Crippen LogP contribution is -2.54. The monoisotopic (exact) mass is 383 g/mol. The van der Waals surface area contributed by atoms with Gasteiger partial charge in [0, 0.05) is 25.4 Å². The zero-order valence-corrected chi connectivity index (χ0v) is 16.0. The third-order valence-corrected chi connectivity index (χ3v) is 5.92. The van der Waals surface area contributed by atoms with E-state index in [2.05, 4.69) is 15.6 Å². The van der Waals surface area contributed by atoms with Crippen molar-refractivity contribution in [1.29, 1.82) is 0 Å². The SMILES string of the molecule is CC1CCCCC12NC(=O)N(CC(=O)NCCc1cn3ccccc3n1)C2=O. The third-order valence-electron chi connectivity index (χ3n) is 5.92. The van der Waals surface area contributed by atoms with Crippen molar-refractivity contribution in [3.05, 3.63) is 36.3 Å². The lowest BCUT2D eigenvalue weighted by molar-refractivity contribution is -0.137. The highest BCUT2D eigenvalue weighted by atomic mass is 16.2. The number of carbonyl (C=O) groups excluding carboxylic acids is 3. The zero-order chi connectivity index (χ0) is 19.7. The van der Waals surface area contributed by atoms with Crippen molar-refractivity contribution in [3.8, 4) is 0 Å². The Bertz CT molecular complexity index is 890. The number of nitrogens with one attached hydrogen (secondary N) is 2. The first-order chi connectivity index (χ1) is 13.5. The van der Waals surface area contributed by atoms with Gasteiger partial charge in [0.15, 0.2) is 0 Å². The van der Waals surface area contributed by atoms with Gasteiger partial charge in [0.05, 0.1) is 5.69 Å². The minimum absolute atomic E-state index is 0.0841. The second-order valence-corrected chi connectivity index (χ2v) is 7.74. The van der Waals surface area contributed by atoms with Crippen LogP contribution >= 0.6 is 0 Å². The van der Waals surface area contributed by atoms with Crippen LogP contribution in [0.2, 0.25) is 0 Å². The van der Waals surface area contributed by atoms with Gasteiger partial charge in [-0.05, 0) is 30.9 Å². The number of hydrogen-bond acceptors (Lipinski definition) is 4. The van der Waals surface area contributed by atoms with Crippen molar-refractivity contribution in [3.63, 3.8) is 0 Å². The highest BCUT2D eigenvalue weighted by Gasteiger charge is 2.55. The summed E-state index contributed by atoms with van der Waals surface area (Å²) >= 11 is 0. The molecule has 1 saturated heterocycles. The summed E-state index contributed by atoms with van der Waals surface area (Å²) < 4.78 is 1.93. The molecule has 1 saturated carbocycles. The Hall–Kier alpha value is -2.90. The fraction of sp³-hybridized carbons (Fsp3) is 0.500. The number of urea groups is 1. The molecule has 0 bridgehead atoms. The van der Waals surface area contributed by atoms with E-state index in [0.29, 0.717) is 19.4 Å². The van der Waals surface area contributed by atoms with Gasteiger partial charge >= 0.3 is 6.03 Å². The van der Waals surface area contributed by atoms with Crippen LogP contribution in [-0.2, 0) is 16.0 Å². The van der Waals surface area contributed by atoms with Gasteiger partial charge in [-0.15, -0.1) is 0 Å². The molecular formula is C20H25N5O3. The molecular weight excluding hydrogens is 358 g/mol. The molecule has 1 aliphatic carbocycles. The largest absolute Gasteiger partial charge is 0.354 e. The van der Waals surface area contributed by atoms with Crippen LogP contribution in [0.3, 0.4) is 0 Å². The van der Waals surface area contributed by atoms with Gasteiger partial charge in [-0.3, -0.25) is 14.5 Å². The molecule has 1 aliphatic heterocycles. The van der Waals surface area contributed by atoms with E-state index in [0.717, 1.165) is 35.5 Å². The maximum atomic E-state index is 12.9. The van der Waals surface area contributed by atoms with Gasteiger partial charge in [0.25, 0.3) is 5.91 Å². The molecule has 3 heterocycles. The van der Waals surface area contributed by atoms with Gasteiger partial charge in [-0.25, -0.2) is 9.78 Å². The Morgan fingerprint density at radius 1 is 1.36 bits per heavy atom. The van der Waals surface area contributed by atoms with E-state index in [4.69, 9.17) is 0 Å². The predicted molar refractivity (Wildman–Crippen MR) is 103 cm³/mol. The van der Waals surface area contributed by atoms with Gasteiger partial charge in [-0.1, -0.05) is 25.8 Å². The van der Waals surface area contributed by atoms with Crippen molar-refractivity contribution in [2.75, 3.05) is 13.1 Å². The van der Waals surface area contributed by atoms with Crippen LogP contribution in [0, 0.1) is 5.92 Å². The smallest absolute Gasteiger partial charge is 0.325 e. The van der Waals surface area contributed by atoms with Gasteiger partial charge < -0.3 is 15.0 Å². The molecule has 2 fully saturated rings. The summed E-state index contributed by atoms with van der Waals surface area (Å²) in [4.78, 5) is 43.1. The van der Waals surface area contributed by atoms with Crippen molar-refractivity contribution in [2.24, 2.45) is 5.92 Å². The summed E-state index contributed by atoms with van der Waals surface area (Å²) in [7, 11) is 0.